The minimum absolute atomic E-state index is 0.726. The Morgan fingerprint density at radius 1 is 0.259 bits per heavy atom. The lowest BCUT2D eigenvalue weighted by molar-refractivity contribution is 0.408. The Kier molecular flexibility index (Phi) is 10.0. The third-order valence-electron chi connectivity index (χ3n) is 10.4. The Balaban J connectivity index is 1.32. The van der Waals surface area contributed by atoms with E-state index in [0.29, 0.717) is 0 Å². The molecule has 0 aliphatic heterocycles. The second kappa shape index (κ2) is 16.2. The van der Waals surface area contributed by atoms with E-state index in [1.807, 2.05) is 97.6 Å². The minimum Gasteiger partial charge on any atom is -0.495 e. The Bertz CT molecular complexity index is 2390. The van der Waals surface area contributed by atoms with Gasteiger partial charge < -0.3 is 9.47 Å². The Labute approximate surface area is 338 Å². The number of pyridine rings is 4. The number of benzene rings is 5. The normalized spacial score (nSPS) is 10.9. The van der Waals surface area contributed by atoms with E-state index >= 15 is 0 Å². The van der Waals surface area contributed by atoms with E-state index in [0.717, 1.165) is 101 Å². The molecule has 58 heavy (non-hydrogen) atoms. The maximum Gasteiger partial charge on any atom is 0.136 e. The predicted octanol–water partition coefficient (Wildman–Crippen LogP) is 12.6. The van der Waals surface area contributed by atoms with Gasteiger partial charge in [0.15, 0.2) is 0 Å². The highest BCUT2D eigenvalue weighted by molar-refractivity contribution is 6.06. The minimum atomic E-state index is 0.726. The van der Waals surface area contributed by atoms with Crippen molar-refractivity contribution >= 4 is 0 Å². The molecule has 0 fully saturated rings. The average molecular weight is 751 g/mol. The van der Waals surface area contributed by atoms with Crippen molar-refractivity contribution in [2.45, 2.75) is 0 Å². The first kappa shape index (κ1) is 36.0. The van der Waals surface area contributed by atoms with Crippen LogP contribution in [0.25, 0.3) is 89.5 Å². The van der Waals surface area contributed by atoms with Crippen molar-refractivity contribution in [3.8, 4) is 101 Å². The number of methoxy groups -OCH3 is 2. The summed E-state index contributed by atoms with van der Waals surface area (Å²) < 4.78 is 13.2. The summed E-state index contributed by atoms with van der Waals surface area (Å²) in [5, 5.41) is 0. The van der Waals surface area contributed by atoms with Crippen LogP contribution in [-0.4, -0.2) is 34.2 Å². The zero-order valence-electron chi connectivity index (χ0n) is 32.1. The monoisotopic (exact) mass is 750 g/mol. The van der Waals surface area contributed by atoms with Gasteiger partial charge in [-0.2, -0.15) is 0 Å². The molecule has 0 atom stereocenters. The third-order valence-corrected chi connectivity index (χ3v) is 10.4. The Morgan fingerprint density at radius 3 is 0.638 bits per heavy atom. The van der Waals surface area contributed by atoms with Crippen LogP contribution in [0.15, 0.2) is 195 Å². The second-order valence-corrected chi connectivity index (χ2v) is 13.7. The zero-order valence-corrected chi connectivity index (χ0v) is 32.1. The van der Waals surface area contributed by atoms with Gasteiger partial charge in [-0.25, -0.2) is 0 Å². The van der Waals surface area contributed by atoms with E-state index in [-0.39, 0.29) is 0 Å². The number of ether oxygens (including phenoxy) is 2. The fourth-order valence-electron chi connectivity index (χ4n) is 7.58. The summed E-state index contributed by atoms with van der Waals surface area (Å²) in [6.45, 7) is 0. The standard InChI is InChI=1S/C52H38N4O2/c1-57-51-47(39-23-15-35(16-24-39)43-11-3-7-31-53-43)49(41-27-19-37(20-28-41)45-13-5-9-33-55-45)52(58-2)50(42-29-21-38(22-30-42)46-14-6-10-34-56-46)48(51)40-25-17-36(18-26-40)44-12-4-8-32-54-44/h3-34H,1-2H3. The topological polar surface area (TPSA) is 70.0 Å². The smallest absolute Gasteiger partial charge is 0.136 e. The van der Waals surface area contributed by atoms with Gasteiger partial charge in [0.05, 0.1) is 37.0 Å². The quantitative estimate of drug-likeness (QED) is 0.139. The molecule has 0 aliphatic carbocycles. The fraction of sp³-hybridized carbons (Fsp3) is 0.0385. The van der Waals surface area contributed by atoms with Crippen molar-refractivity contribution in [2.75, 3.05) is 14.2 Å². The molecule has 0 saturated heterocycles. The summed E-state index contributed by atoms with van der Waals surface area (Å²) >= 11 is 0. The summed E-state index contributed by atoms with van der Waals surface area (Å²) in [6.07, 6.45) is 7.27. The predicted molar refractivity (Wildman–Crippen MR) is 234 cm³/mol. The molecule has 0 radical (unpaired) electrons. The van der Waals surface area contributed by atoms with Crippen LogP contribution >= 0.6 is 0 Å². The lowest BCUT2D eigenvalue weighted by Gasteiger charge is -2.26. The molecule has 5 aromatic carbocycles. The molecule has 6 nitrogen and oxygen atoms in total. The van der Waals surface area contributed by atoms with Crippen molar-refractivity contribution in [3.05, 3.63) is 195 Å². The number of nitrogens with zero attached hydrogens (tertiary/aromatic N) is 4. The molecule has 4 aromatic heterocycles. The van der Waals surface area contributed by atoms with E-state index < -0.39 is 0 Å². The first-order valence-corrected chi connectivity index (χ1v) is 19.1. The number of hydrogen-bond acceptors (Lipinski definition) is 6. The molecule has 0 N–H and O–H groups in total. The Hall–Kier alpha value is -7.70. The maximum atomic E-state index is 6.62. The average Bonchev–Trinajstić information content (AvgIpc) is 3.32. The molecular weight excluding hydrogens is 713 g/mol. The van der Waals surface area contributed by atoms with Crippen LogP contribution in [0, 0.1) is 0 Å². The van der Waals surface area contributed by atoms with Gasteiger partial charge >= 0.3 is 0 Å². The summed E-state index contributed by atoms with van der Waals surface area (Å²) in [5.41, 5.74) is 15.2. The molecule has 0 unspecified atom stereocenters. The van der Waals surface area contributed by atoms with Crippen LogP contribution in [-0.2, 0) is 0 Å². The first-order valence-electron chi connectivity index (χ1n) is 19.1. The largest absolute Gasteiger partial charge is 0.495 e. The van der Waals surface area contributed by atoms with Crippen molar-refractivity contribution in [3.63, 3.8) is 0 Å². The van der Waals surface area contributed by atoms with Gasteiger partial charge in [-0.05, 0) is 70.8 Å². The lowest BCUT2D eigenvalue weighted by Crippen LogP contribution is -2.03. The molecule has 0 bridgehead atoms. The summed E-state index contributed by atoms with van der Waals surface area (Å²) in [6, 6.07) is 57.9. The fourth-order valence-corrected chi connectivity index (χ4v) is 7.58. The van der Waals surface area contributed by atoms with Gasteiger partial charge in [0.1, 0.15) is 11.5 Å². The van der Waals surface area contributed by atoms with E-state index in [9.17, 15) is 0 Å². The molecule has 0 saturated carbocycles. The Morgan fingerprint density at radius 2 is 0.466 bits per heavy atom. The van der Waals surface area contributed by atoms with Crippen molar-refractivity contribution < 1.29 is 9.47 Å². The molecule has 9 aromatic rings. The lowest BCUT2D eigenvalue weighted by atomic mass is 9.82. The highest BCUT2D eigenvalue weighted by atomic mass is 16.5. The zero-order chi connectivity index (χ0) is 39.3. The van der Waals surface area contributed by atoms with Gasteiger partial charge in [-0.3, -0.25) is 19.9 Å². The van der Waals surface area contributed by atoms with Crippen LogP contribution < -0.4 is 9.47 Å². The van der Waals surface area contributed by atoms with Crippen LogP contribution in [0.3, 0.4) is 0 Å². The van der Waals surface area contributed by atoms with E-state index in [4.69, 9.17) is 9.47 Å². The highest BCUT2D eigenvalue weighted by Crippen LogP contribution is 2.56. The van der Waals surface area contributed by atoms with E-state index in [1.165, 1.54) is 0 Å². The van der Waals surface area contributed by atoms with Crippen molar-refractivity contribution in [1.29, 1.82) is 0 Å². The molecule has 278 valence electrons. The second-order valence-electron chi connectivity index (χ2n) is 13.7. The van der Waals surface area contributed by atoms with Crippen LogP contribution in [0.5, 0.6) is 11.5 Å². The van der Waals surface area contributed by atoms with Gasteiger partial charge in [0.2, 0.25) is 0 Å². The van der Waals surface area contributed by atoms with E-state index in [1.54, 1.807) is 14.2 Å². The highest BCUT2D eigenvalue weighted by Gasteiger charge is 2.29. The summed E-state index contributed by atoms with van der Waals surface area (Å²) in [7, 11) is 3.50. The van der Waals surface area contributed by atoms with Crippen molar-refractivity contribution in [1.82, 2.24) is 19.9 Å². The number of rotatable bonds is 10. The van der Waals surface area contributed by atoms with Gasteiger partial charge in [0.25, 0.3) is 0 Å². The molecule has 0 aliphatic rings. The molecule has 0 amide bonds. The SMILES string of the molecule is COc1c(-c2ccc(-c3ccccn3)cc2)c(-c2ccc(-c3ccccn3)cc2)c(OC)c(-c2ccc(-c3ccccn3)cc2)c1-c1ccc(-c2ccccn2)cc1. The molecule has 6 heteroatoms. The number of aromatic nitrogens is 4. The van der Waals surface area contributed by atoms with Gasteiger partial charge in [-0.15, -0.1) is 0 Å². The molecule has 0 spiro atoms. The van der Waals surface area contributed by atoms with E-state index in [2.05, 4.69) is 117 Å². The maximum absolute atomic E-state index is 6.62. The molecular formula is C52H38N4O2. The summed E-state index contributed by atoms with van der Waals surface area (Å²) in [4.78, 5) is 18.4. The number of hydrogen-bond donors (Lipinski definition) is 0. The first-order chi connectivity index (χ1) is 28.7. The molecule has 4 heterocycles. The van der Waals surface area contributed by atoms with Crippen molar-refractivity contribution in [2.24, 2.45) is 0 Å². The third kappa shape index (κ3) is 6.99. The molecule has 9 rings (SSSR count). The van der Waals surface area contributed by atoms with Gasteiger partial charge in [-0.1, -0.05) is 121 Å². The van der Waals surface area contributed by atoms with Crippen LogP contribution in [0.1, 0.15) is 0 Å². The van der Waals surface area contributed by atoms with Crippen LogP contribution in [0.4, 0.5) is 0 Å². The van der Waals surface area contributed by atoms with Crippen LogP contribution in [0.2, 0.25) is 0 Å². The summed E-state index contributed by atoms with van der Waals surface area (Å²) in [5.74, 6) is 1.45. The van der Waals surface area contributed by atoms with Gasteiger partial charge in [0, 0.05) is 69.3 Å².